The van der Waals surface area contributed by atoms with Gasteiger partial charge in [0.25, 0.3) is 0 Å². The number of aliphatic carboxylic acids is 1. The second kappa shape index (κ2) is 19.4. The van der Waals surface area contributed by atoms with Gasteiger partial charge in [-0.15, -0.1) is 0 Å². The summed E-state index contributed by atoms with van der Waals surface area (Å²) in [7, 11) is 0. The van der Waals surface area contributed by atoms with Crippen molar-refractivity contribution in [1.82, 2.24) is 36.8 Å². The van der Waals surface area contributed by atoms with Crippen LogP contribution in [0.5, 0.6) is 0 Å². The number of aliphatic hydroxyl groups excluding tert-OH is 3. The Morgan fingerprint density at radius 1 is 0.771 bits per heavy atom. The number of carbonyl (C=O) groups excluding carboxylic acids is 7. The molecule has 1 aliphatic rings. The second-order valence-corrected chi connectivity index (χ2v) is 11.7. The van der Waals surface area contributed by atoms with E-state index in [-0.39, 0.29) is 13.0 Å². The van der Waals surface area contributed by atoms with E-state index in [1.807, 2.05) is 5.32 Å². The van der Waals surface area contributed by atoms with Gasteiger partial charge in [-0.25, -0.2) is 4.79 Å². The summed E-state index contributed by atoms with van der Waals surface area (Å²) < 4.78 is 0. The maximum absolute atomic E-state index is 13.2. The Bertz CT molecular complexity index is 1200. The van der Waals surface area contributed by atoms with Gasteiger partial charge in [-0.05, 0) is 39.5 Å². The molecule has 0 aliphatic carbocycles. The Labute approximate surface area is 276 Å². The van der Waals surface area contributed by atoms with Crippen molar-refractivity contribution in [3.63, 3.8) is 0 Å². The van der Waals surface area contributed by atoms with Gasteiger partial charge in [0.15, 0.2) is 0 Å². The van der Waals surface area contributed by atoms with Crippen LogP contribution >= 0.6 is 0 Å². The van der Waals surface area contributed by atoms with E-state index in [9.17, 15) is 48.6 Å². The molecule has 1 aliphatic heterocycles. The highest BCUT2D eigenvalue weighted by Crippen LogP contribution is 2.19. The van der Waals surface area contributed by atoms with E-state index >= 15 is 0 Å². The largest absolute Gasteiger partial charge is 0.480 e. The Morgan fingerprint density at radius 3 is 1.88 bits per heavy atom. The summed E-state index contributed by atoms with van der Waals surface area (Å²) in [4.78, 5) is 101. The molecule has 1 heterocycles. The number of carboxylic acid groups (broad SMARTS) is 1. The SMILES string of the molecule is CC(C)[C@H](NC(=O)[C@@H](N)[C@@H](C)O)C(=O)N[C@@H](C)C(=O)N[C@@H](C)C(=O)N1CCC[C@H]1C(=O)N[C@@H](CO)C(=O)NCC(=O)N[C@@H](CO)C(=O)O. The van der Waals surface area contributed by atoms with Gasteiger partial charge in [0.05, 0.1) is 25.9 Å². The Balaban J connectivity index is 2.77. The average molecular weight is 689 g/mol. The molecule has 0 aromatic heterocycles. The molecule has 0 aromatic rings. The first-order valence-corrected chi connectivity index (χ1v) is 15.3. The topological polar surface area (TPSA) is 319 Å². The van der Waals surface area contributed by atoms with Crippen LogP contribution in [0.3, 0.4) is 0 Å². The molecular formula is C28H48N8O12. The number of hydrogen-bond acceptors (Lipinski definition) is 12. The van der Waals surface area contributed by atoms with Gasteiger partial charge in [0.2, 0.25) is 41.4 Å². The maximum atomic E-state index is 13.2. The fourth-order valence-corrected chi connectivity index (χ4v) is 4.51. The van der Waals surface area contributed by atoms with E-state index < -0.39 is 121 Å². The van der Waals surface area contributed by atoms with Crippen LogP contribution in [0.25, 0.3) is 0 Å². The molecular weight excluding hydrogens is 640 g/mol. The summed E-state index contributed by atoms with van der Waals surface area (Å²) in [5.41, 5.74) is 5.63. The Hall–Kier alpha value is -4.40. The molecule has 0 bridgehead atoms. The molecule has 0 unspecified atom stereocenters. The van der Waals surface area contributed by atoms with Gasteiger partial charge in [-0.3, -0.25) is 33.6 Å². The molecule has 0 aromatic carbocycles. The highest BCUT2D eigenvalue weighted by molar-refractivity contribution is 5.97. The summed E-state index contributed by atoms with van der Waals surface area (Å²) >= 11 is 0. The fourth-order valence-electron chi connectivity index (χ4n) is 4.51. The minimum atomic E-state index is -1.60. The minimum Gasteiger partial charge on any atom is -0.480 e. The van der Waals surface area contributed by atoms with Gasteiger partial charge in [0.1, 0.15) is 42.3 Å². The number of rotatable bonds is 18. The number of likely N-dealkylation sites (tertiary alicyclic amines) is 1. The number of hydrogen-bond donors (Lipinski definition) is 11. The van der Waals surface area contributed by atoms with Crippen LogP contribution in [0.2, 0.25) is 0 Å². The van der Waals surface area contributed by atoms with Crippen LogP contribution in [0, 0.1) is 5.92 Å². The molecule has 1 fully saturated rings. The van der Waals surface area contributed by atoms with E-state index in [0.29, 0.717) is 6.42 Å². The molecule has 1 saturated heterocycles. The maximum Gasteiger partial charge on any atom is 0.328 e. The lowest BCUT2D eigenvalue weighted by Crippen LogP contribution is -2.59. The molecule has 7 amide bonds. The zero-order chi connectivity index (χ0) is 36.9. The molecule has 20 heteroatoms. The van der Waals surface area contributed by atoms with Gasteiger partial charge in [-0.2, -0.15) is 0 Å². The Morgan fingerprint density at radius 2 is 1.35 bits per heavy atom. The molecule has 0 radical (unpaired) electrons. The molecule has 12 N–H and O–H groups in total. The number of nitrogens with two attached hydrogens (primary N) is 1. The van der Waals surface area contributed by atoms with Crippen LogP contribution in [0.15, 0.2) is 0 Å². The number of carbonyl (C=O) groups is 8. The van der Waals surface area contributed by atoms with E-state index in [0.717, 1.165) is 0 Å². The summed E-state index contributed by atoms with van der Waals surface area (Å²) in [5, 5.41) is 50.9. The van der Waals surface area contributed by atoms with Gasteiger partial charge >= 0.3 is 5.97 Å². The molecule has 272 valence electrons. The Kier molecular flexibility index (Phi) is 16.8. The van der Waals surface area contributed by atoms with Crippen molar-refractivity contribution >= 4 is 47.3 Å². The van der Waals surface area contributed by atoms with Crippen LogP contribution in [-0.2, 0) is 38.4 Å². The summed E-state index contributed by atoms with van der Waals surface area (Å²) in [6.45, 7) is 5.01. The number of nitrogens with one attached hydrogen (secondary N) is 6. The van der Waals surface area contributed by atoms with Gasteiger partial charge in [0, 0.05) is 6.54 Å². The first-order chi connectivity index (χ1) is 22.4. The van der Waals surface area contributed by atoms with Gasteiger partial charge in [-0.1, -0.05) is 13.8 Å². The fraction of sp³-hybridized carbons (Fsp3) is 0.714. The van der Waals surface area contributed by atoms with Crippen molar-refractivity contribution in [2.45, 2.75) is 95.9 Å². The molecule has 48 heavy (non-hydrogen) atoms. The monoisotopic (exact) mass is 688 g/mol. The molecule has 0 spiro atoms. The third-order valence-electron chi connectivity index (χ3n) is 7.44. The minimum absolute atomic E-state index is 0.138. The lowest BCUT2D eigenvalue weighted by molar-refractivity contribution is -0.143. The van der Waals surface area contributed by atoms with E-state index in [4.69, 9.17) is 15.9 Å². The molecule has 0 saturated carbocycles. The van der Waals surface area contributed by atoms with Crippen molar-refractivity contribution in [3.05, 3.63) is 0 Å². The normalized spacial score (nSPS) is 18.6. The highest BCUT2D eigenvalue weighted by Gasteiger charge is 2.38. The predicted molar refractivity (Wildman–Crippen MR) is 165 cm³/mol. The zero-order valence-corrected chi connectivity index (χ0v) is 27.5. The number of carboxylic acids is 1. The first kappa shape index (κ1) is 41.6. The summed E-state index contributed by atoms with van der Waals surface area (Å²) in [5.74, 6) is -7.48. The zero-order valence-electron chi connectivity index (χ0n) is 27.5. The van der Waals surface area contributed by atoms with Crippen LogP contribution < -0.4 is 37.6 Å². The highest BCUT2D eigenvalue weighted by atomic mass is 16.4. The van der Waals surface area contributed by atoms with Gasteiger partial charge < -0.3 is 63.0 Å². The molecule has 1 rings (SSSR count). The predicted octanol–water partition coefficient (Wildman–Crippen LogP) is -6.01. The van der Waals surface area contributed by atoms with E-state index in [1.165, 1.54) is 25.7 Å². The number of aliphatic hydroxyl groups is 3. The summed E-state index contributed by atoms with van der Waals surface area (Å²) in [6.07, 6.45) is -0.559. The average Bonchev–Trinajstić information content (AvgIpc) is 3.52. The third-order valence-corrected chi connectivity index (χ3v) is 7.44. The standard InChI is InChI=1S/C28H48N8O12/c1-12(2)21(35-25(44)20(29)15(5)39)26(45)31-13(3)22(41)32-14(4)27(46)36-8-6-7-18(36)24(43)34-16(10-37)23(42)30-9-19(40)33-17(11-38)28(47)48/h12-18,20-21,37-39H,6-11,29H2,1-5H3,(H,30,42)(H,31,45)(H,32,41)(H,33,40)(H,34,43)(H,35,44)(H,47,48)/t13-,14-,15+,16-,17-,18-,20-,21-/m0/s1. The summed E-state index contributed by atoms with van der Waals surface area (Å²) in [6, 6.07) is -8.86. The lowest BCUT2D eigenvalue weighted by Gasteiger charge is -2.29. The van der Waals surface area contributed by atoms with Crippen LogP contribution in [0.4, 0.5) is 0 Å². The van der Waals surface area contributed by atoms with Crippen molar-refractivity contribution in [2.75, 3.05) is 26.3 Å². The van der Waals surface area contributed by atoms with Crippen molar-refractivity contribution in [2.24, 2.45) is 11.7 Å². The molecule has 20 nitrogen and oxygen atoms in total. The number of nitrogens with zero attached hydrogens (tertiary/aromatic N) is 1. The van der Waals surface area contributed by atoms with Crippen LogP contribution in [0.1, 0.15) is 47.5 Å². The number of amides is 7. The third kappa shape index (κ3) is 12.3. The van der Waals surface area contributed by atoms with E-state index in [1.54, 1.807) is 13.8 Å². The van der Waals surface area contributed by atoms with E-state index in [2.05, 4.69) is 26.6 Å². The molecule has 8 atom stereocenters. The van der Waals surface area contributed by atoms with Crippen molar-refractivity contribution in [3.8, 4) is 0 Å². The van der Waals surface area contributed by atoms with Crippen molar-refractivity contribution in [1.29, 1.82) is 0 Å². The van der Waals surface area contributed by atoms with Crippen LogP contribution in [-0.4, -0.2) is 147 Å². The first-order valence-electron chi connectivity index (χ1n) is 15.3. The lowest BCUT2D eigenvalue weighted by atomic mass is 10.0. The second-order valence-electron chi connectivity index (χ2n) is 11.7. The smallest absolute Gasteiger partial charge is 0.328 e. The van der Waals surface area contributed by atoms with Crippen molar-refractivity contribution < 1.29 is 58.8 Å². The quantitative estimate of drug-likeness (QED) is 0.0640.